The van der Waals surface area contributed by atoms with E-state index in [9.17, 15) is 13.2 Å². The molecule has 0 amide bonds. The van der Waals surface area contributed by atoms with Crippen molar-refractivity contribution in [1.82, 2.24) is 4.98 Å². The van der Waals surface area contributed by atoms with Crippen LogP contribution in [0.2, 0.25) is 0 Å². The number of nitrogens with zero attached hydrogens (tertiary/aromatic N) is 1. The molecule has 0 aliphatic heterocycles. The lowest BCUT2D eigenvalue weighted by Gasteiger charge is -2.11. The van der Waals surface area contributed by atoms with Crippen LogP contribution >= 0.6 is 0 Å². The third-order valence-electron chi connectivity index (χ3n) is 4.21. The Balaban J connectivity index is 1.48. The van der Waals surface area contributed by atoms with Crippen LogP contribution in [-0.2, 0) is 6.18 Å². The number of fused-ring (bicyclic) bond motifs is 1. The SMILES string of the molecule is FC(F)(F)c1ccc(Oc2ccc(Nc3nccc4ccccc34)cc2)cc1. The highest BCUT2D eigenvalue weighted by atomic mass is 19.4. The monoisotopic (exact) mass is 380 g/mol. The van der Waals surface area contributed by atoms with Gasteiger partial charge in [0.2, 0.25) is 0 Å². The van der Waals surface area contributed by atoms with E-state index < -0.39 is 11.7 Å². The topological polar surface area (TPSA) is 34.1 Å². The molecule has 6 heteroatoms. The quantitative estimate of drug-likeness (QED) is 0.423. The molecule has 0 unspecified atom stereocenters. The van der Waals surface area contributed by atoms with Crippen molar-refractivity contribution in [2.45, 2.75) is 6.18 Å². The van der Waals surface area contributed by atoms with Crippen LogP contribution in [0, 0.1) is 0 Å². The number of rotatable bonds is 4. The van der Waals surface area contributed by atoms with Crippen molar-refractivity contribution in [3.63, 3.8) is 0 Å². The van der Waals surface area contributed by atoms with Crippen LogP contribution in [0.3, 0.4) is 0 Å². The minimum absolute atomic E-state index is 0.337. The number of halogens is 3. The maximum Gasteiger partial charge on any atom is 0.416 e. The molecule has 0 bridgehead atoms. The fraction of sp³-hybridized carbons (Fsp3) is 0.0455. The first kappa shape index (κ1) is 17.9. The Hall–Kier alpha value is -3.54. The van der Waals surface area contributed by atoms with E-state index in [4.69, 9.17) is 4.74 Å². The summed E-state index contributed by atoms with van der Waals surface area (Å²) in [5, 5.41) is 5.37. The molecule has 140 valence electrons. The number of ether oxygens (including phenoxy) is 1. The zero-order chi connectivity index (χ0) is 19.6. The number of benzene rings is 3. The Morgan fingerprint density at radius 1 is 0.750 bits per heavy atom. The summed E-state index contributed by atoms with van der Waals surface area (Å²) in [6, 6.07) is 21.6. The first-order chi connectivity index (χ1) is 13.5. The van der Waals surface area contributed by atoms with Gasteiger partial charge < -0.3 is 10.1 Å². The Morgan fingerprint density at radius 3 is 2.07 bits per heavy atom. The normalized spacial score (nSPS) is 11.4. The van der Waals surface area contributed by atoms with Crippen molar-refractivity contribution in [1.29, 1.82) is 0 Å². The molecule has 0 atom stereocenters. The number of pyridine rings is 1. The summed E-state index contributed by atoms with van der Waals surface area (Å²) in [6.45, 7) is 0. The van der Waals surface area contributed by atoms with E-state index in [2.05, 4.69) is 10.3 Å². The van der Waals surface area contributed by atoms with Crippen LogP contribution in [0.4, 0.5) is 24.7 Å². The van der Waals surface area contributed by atoms with E-state index in [0.29, 0.717) is 11.5 Å². The molecular weight excluding hydrogens is 365 g/mol. The van der Waals surface area contributed by atoms with E-state index in [-0.39, 0.29) is 0 Å². The predicted octanol–water partition coefficient (Wildman–Crippen LogP) is 6.79. The van der Waals surface area contributed by atoms with Gasteiger partial charge in [0.1, 0.15) is 17.3 Å². The third-order valence-corrected chi connectivity index (χ3v) is 4.21. The average Bonchev–Trinajstić information content (AvgIpc) is 2.69. The molecule has 1 aromatic heterocycles. The summed E-state index contributed by atoms with van der Waals surface area (Å²) in [6.07, 6.45) is -2.62. The Morgan fingerprint density at radius 2 is 1.39 bits per heavy atom. The number of anilines is 2. The zero-order valence-corrected chi connectivity index (χ0v) is 14.6. The maximum atomic E-state index is 12.6. The maximum absolute atomic E-state index is 12.6. The fourth-order valence-electron chi connectivity index (χ4n) is 2.81. The van der Waals surface area contributed by atoms with Gasteiger partial charge in [0.15, 0.2) is 0 Å². The molecule has 1 N–H and O–H groups in total. The molecule has 3 aromatic carbocycles. The second-order valence-corrected chi connectivity index (χ2v) is 6.15. The minimum atomic E-state index is -4.36. The Labute approximate surface area is 159 Å². The minimum Gasteiger partial charge on any atom is -0.457 e. The summed E-state index contributed by atoms with van der Waals surface area (Å²) in [5.41, 5.74) is 0.116. The van der Waals surface area contributed by atoms with Crippen LogP contribution in [0.5, 0.6) is 11.5 Å². The molecule has 0 spiro atoms. The average molecular weight is 380 g/mol. The van der Waals surface area contributed by atoms with Crippen molar-refractivity contribution in [3.05, 3.63) is 90.6 Å². The van der Waals surface area contributed by atoms with Crippen molar-refractivity contribution in [3.8, 4) is 11.5 Å². The third kappa shape index (κ3) is 3.91. The largest absolute Gasteiger partial charge is 0.457 e. The first-order valence-corrected chi connectivity index (χ1v) is 8.55. The van der Waals surface area contributed by atoms with Crippen LogP contribution in [0.1, 0.15) is 5.56 Å². The van der Waals surface area contributed by atoms with Gasteiger partial charge in [-0.3, -0.25) is 0 Å². The van der Waals surface area contributed by atoms with Gasteiger partial charge in [0.05, 0.1) is 5.56 Å². The summed E-state index contributed by atoms with van der Waals surface area (Å²) < 4.78 is 43.5. The molecular formula is C22H15F3N2O. The molecule has 0 fully saturated rings. The van der Waals surface area contributed by atoms with Crippen LogP contribution in [0.15, 0.2) is 85.1 Å². The highest BCUT2D eigenvalue weighted by Crippen LogP contribution is 2.32. The van der Waals surface area contributed by atoms with E-state index in [0.717, 1.165) is 34.4 Å². The number of aromatic nitrogens is 1. The first-order valence-electron chi connectivity index (χ1n) is 8.55. The van der Waals surface area contributed by atoms with Crippen molar-refractivity contribution in [2.24, 2.45) is 0 Å². The molecule has 28 heavy (non-hydrogen) atoms. The van der Waals surface area contributed by atoms with Crippen molar-refractivity contribution in [2.75, 3.05) is 5.32 Å². The molecule has 0 aliphatic carbocycles. The molecule has 0 saturated carbocycles. The molecule has 1 heterocycles. The van der Waals surface area contributed by atoms with E-state index >= 15 is 0 Å². The Kier molecular flexibility index (Phi) is 4.61. The van der Waals surface area contributed by atoms with Gasteiger partial charge in [0, 0.05) is 17.3 Å². The predicted molar refractivity (Wildman–Crippen MR) is 103 cm³/mol. The lowest BCUT2D eigenvalue weighted by atomic mass is 10.1. The summed E-state index contributed by atoms with van der Waals surface area (Å²) in [5.74, 6) is 1.61. The molecule has 4 rings (SSSR count). The van der Waals surface area contributed by atoms with Crippen LogP contribution in [-0.4, -0.2) is 4.98 Å². The van der Waals surface area contributed by atoms with E-state index in [1.807, 2.05) is 42.5 Å². The van der Waals surface area contributed by atoms with Crippen molar-refractivity contribution < 1.29 is 17.9 Å². The molecule has 0 saturated heterocycles. The molecule has 4 aromatic rings. The zero-order valence-electron chi connectivity index (χ0n) is 14.6. The van der Waals surface area contributed by atoms with Gasteiger partial charge >= 0.3 is 6.18 Å². The highest BCUT2D eigenvalue weighted by molar-refractivity contribution is 5.93. The second-order valence-electron chi connectivity index (χ2n) is 6.15. The fourth-order valence-corrected chi connectivity index (χ4v) is 2.81. The van der Waals surface area contributed by atoms with Gasteiger partial charge in [-0.25, -0.2) is 4.98 Å². The summed E-state index contributed by atoms with van der Waals surface area (Å²) >= 11 is 0. The summed E-state index contributed by atoms with van der Waals surface area (Å²) in [4.78, 5) is 4.39. The van der Waals surface area contributed by atoms with Crippen LogP contribution < -0.4 is 10.1 Å². The van der Waals surface area contributed by atoms with E-state index in [1.165, 1.54) is 12.1 Å². The number of hydrogen-bond donors (Lipinski definition) is 1. The molecule has 0 radical (unpaired) electrons. The van der Waals surface area contributed by atoms with Crippen molar-refractivity contribution >= 4 is 22.3 Å². The van der Waals surface area contributed by atoms with Gasteiger partial charge in [-0.1, -0.05) is 24.3 Å². The molecule has 0 aliphatic rings. The summed E-state index contributed by atoms with van der Waals surface area (Å²) in [7, 11) is 0. The van der Waals surface area contributed by atoms with Gasteiger partial charge in [0.25, 0.3) is 0 Å². The van der Waals surface area contributed by atoms with Gasteiger partial charge in [-0.05, 0) is 60.0 Å². The van der Waals surface area contributed by atoms with Gasteiger partial charge in [-0.15, -0.1) is 0 Å². The lowest BCUT2D eigenvalue weighted by Crippen LogP contribution is -2.03. The lowest BCUT2D eigenvalue weighted by molar-refractivity contribution is -0.137. The van der Waals surface area contributed by atoms with E-state index in [1.54, 1.807) is 18.3 Å². The molecule has 3 nitrogen and oxygen atoms in total. The van der Waals surface area contributed by atoms with Gasteiger partial charge in [-0.2, -0.15) is 13.2 Å². The smallest absolute Gasteiger partial charge is 0.416 e. The number of hydrogen-bond acceptors (Lipinski definition) is 3. The standard InChI is InChI=1S/C22H15F3N2O/c23-22(24,25)16-5-9-18(10-6-16)28-19-11-7-17(8-12-19)27-21-20-4-2-1-3-15(20)13-14-26-21/h1-14H,(H,26,27). The number of nitrogens with one attached hydrogen (secondary N) is 1. The second kappa shape index (κ2) is 7.23. The number of alkyl halides is 3. The Bertz CT molecular complexity index is 1090. The van der Waals surface area contributed by atoms with Crippen LogP contribution in [0.25, 0.3) is 10.8 Å². The highest BCUT2D eigenvalue weighted by Gasteiger charge is 2.30.